The van der Waals surface area contributed by atoms with Gasteiger partial charge in [0.05, 0.1) is 0 Å². The maximum atomic E-state index is 13.2. The Bertz CT molecular complexity index is 578. The van der Waals surface area contributed by atoms with Gasteiger partial charge in [-0.25, -0.2) is 8.78 Å². The number of phenolic OH excluding ortho intramolecular Hbond substituents is 1. The average molecular weight is 342 g/mol. The fourth-order valence-electron chi connectivity index (χ4n) is 1.86. The molecular formula is C15H14BrF2NO. The lowest BCUT2D eigenvalue weighted by Gasteiger charge is -2.14. The highest BCUT2D eigenvalue weighted by atomic mass is 79.9. The first kappa shape index (κ1) is 14.9. The van der Waals surface area contributed by atoms with Crippen molar-refractivity contribution < 1.29 is 13.9 Å². The van der Waals surface area contributed by atoms with Crippen LogP contribution in [-0.2, 0) is 6.54 Å². The van der Waals surface area contributed by atoms with E-state index >= 15 is 0 Å². The first-order valence-corrected chi connectivity index (χ1v) is 6.92. The summed E-state index contributed by atoms with van der Waals surface area (Å²) in [5.41, 5.74) is 1.52. The SMILES string of the molecule is CC(NCc1cc(F)c(O)c(F)c1)c1ccc(Br)cc1. The molecule has 0 bridgehead atoms. The Labute approximate surface area is 124 Å². The van der Waals surface area contributed by atoms with E-state index in [-0.39, 0.29) is 6.04 Å². The van der Waals surface area contributed by atoms with Crippen LogP contribution in [0.4, 0.5) is 8.78 Å². The van der Waals surface area contributed by atoms with Crippen LogP contribution in [0.15, 0.2) is 40.9 Å². The van der Waals surface area contributed by atoms with Crippen molar-refractivity contribution in [2.24, 2.45) is 0 Å². The van der Waals surface area contributed by atoms with Gasteiger partial charge < -0.3 is 10.4 Å². The molecule has 0 aliphatic rings. The Morgan fingerprint density at radius 3 is 2.25 bits per heavy atom. The molecule has 20 heavy (non-hydrogen) atoms. The first-order chi connectivity index (χ1) is 9.47. The maximum absolute atomic E-state index is 13.2. The molecule has 1 unspecified atom stereocenters. The van der Waals surface area contributed by atoms with Crippen LogP contribution in [-0.4, -0.2) is 5.11 Å². The third-order valence-corrected chi connectivity index (χ3v) is 3.59. The predicted molar refractivity (Wildman–Crippen MR) is 77.4 cm³/mol. The molecule has 0 spiro atoms. The zero-order valence-electron chi connectivity index (χ0n) is 10.8. The lowest BCUT2D eigenvalue weighted by Crippen LogP contribution is -2.18. The van der Waals surface area contributed by atoms with Gasteiger partial charge >= 0.3 is 0 Å². The molecule has 0 saturated heterocycles. The molecule has 0 fully saturated rings. The van der Waals surface area contributed by atoms with E-state index in [0.29, 0.717) is 12.1 Å². The van der Waals surface area contributed by atoms with Gasteiger partial charge in [-0.05, 0) is 42.3 Å². The van der Waals surface area contributed by atoms with E-state index in [1.54, 1.807) is 0 Å². The molecule has 2 aromatic rings. The molecule has 2 aromatic carbocycles. The Morgan fingerprint density at radius 1 is 1.15 bits per heavy atom. The number of aromatic hydroxyl groups is 1. The number of benzene rings is 2. The number of halogens is 3. The third kappa shape index (κ3) is 3.55. The van der Waals surface area contributed by atoms with Crippen molar-refractivity contribution in [3.05, 3.63) is 63.6 Å². The molecule has 0 aliphatic carbocycles. The van der Waals surface area contributed by atoms with E-state index in [2.05, 4.69) is 21.2 Å². The molecule has 2 N–H and O–H groups in total. The Balaban J connectivity index is 2.03. The molecule has 0 saturated carbocycles. The fraction of sp³-hybridized carbons (Fsp3) is 0.200. The smallest absolute Gasteiger partial charge is 0.187 e. The molecular weight excluding hydrogens is 328 g/mol. The van der Waals surface area contributed by atoms with E-state index in [0.717, 1.165) is 22.2 Å². The lowest BCUT2D eigenvalue weighted by molar-refractivity contribution is 0.394. The van der Waals surface area contributed by atoms with Crippen LogP contribution in [0.3, 0.4) is 0 Å². The zero-order valence-corrected chi connectivity index (χ0v) is 12.4. The summed E-state index contributed by atoms with van der Waals surface area (Å²) in [6.07, 6.45) is 0. The largest absolute Gasteiger partial charge is 0.503 e. The maximum Gasteiger partial charge on any atom is 0.187 e. The van der Waals surface area contributed by atoms with Crippen molar-refractivity contribution in [1.29, 1.82) is 0 Å². The molecule has 0 aromatic heterocycles. The van der Waals surface area contributed by atoms with Crippen LogP contribution in [0, 0.1) is 11.6 Å². The molecule has 106 valence electrons. The van der Waals surface area contributed by atoms with Gasteiger partial charge in [0, 0.05) is 17.1 Å². The van der Waals surface area contributed by atoms with Crippen LogP contribution < -0.4 is 5.32 Å². The van der Waals surface area contributed by atoms with Crippen molar-refractivity contribution in [2.75, 3.05) is 0 Å². The normalized spacial score (nSPS) is 12.4. The zero-order chi connectivity index (χ0) is 14.7. The van der Waals surface area contributed by atoms with Crippen LogP contribution in [0.2, 0.25) is 0 Å². The van der Waals surface area contributed by atoms with Crippen LogP contribution >= 0.6 is 15.9 Å². The molecule has 2 rings (SSSR count). The van der Waals surface area contributed by atoms with Gasteiger partial charge in [0.2, 0.25) is 0 Å². The van der Waals surface area contributed by atoms with Crippen molar-refractivity contribution in [2.45, 2.75) is 19.5 Å². The summed E-state index contributed by atoms with van der Waals surface area (Å²) in [7, 11) is 0. The molecule has 0 aliphatic heterocycles. The highest BCUT2D eigenvalue weighted by Crippen LogP contribution is 2.22. The van der Waals surface area contributed by atoms with Crippen molar-refractivity contribution in [3.8, 4) is 5.75 Å². The summed E-state index contributed by atoms with van der Waals surface area (Å²) in [6.45, 7) is 2.28. The molecule has 0 radical (unpaired) electrons. The molecule has 0 amide bonds. The van der Waals surface area contributed by atoms with Crippen LogP contribution in [0.5, 0.6) is 5.75 Å². The molecule has 2 nitrogen and oxygen atoms in total. The lowest BCUT2D eigenvalue weighted by atomic mass is 10.1. The second-order valence-corrected chi connectivity index (χ2v) is 5.48. The fourth-order valence-corrected chi connectivity index (χ4v) is 2.12. The van der Waals surface area contributed by atoms with E-state index in [1.807, 2.05) is 31.2 Å². The number of hydrogen-bond donors (Lipinski definition) is 2. The molecule has 0 heterocycles. The summed E-state index contributed by atoms with van der Waals surface area (Å²) in [5.74, 6) is -2.83. The summed E-state index contributed by atoms with van der Waals surface area (Å²) in [6, 6.07) is 10.1. The van der Waals surface area contributed by atoms with E-state index in [1.165, 1.54) is 0 Å². The summed E-state index contributed by atoms with van der Waals surface area (Å²) < 4.78 is 27.4. The minimum Gasteiger partial charge on any atom is -0.503 e. The minimum atomic E-state index is -0.946. The Kier molecular flexibility index (Phi) is 4.73. The standard InChI is InChI=1S/C15H14BrF2NO/c1-9(11-2-4-12(16)5-3-11)19-8-10-6-13(17)15(20)14(18)7-10/h2-7,9,19-20H,8H2,1H3. The van der Waals surface area contributed by atoms with Gasteiger partial charge in [-0.2, -0.15) is 0 Å². The minimum absolute atomic E-state index is 0.0445. The Morgan fingerprint density at radius 2 is 1.70 bits per heavy atom. The topological polar surface area (TPSA) is 32.3 Å². The average Bonchev–Trinajstić information content (AvgIpc) is 2.42. The monoisotopic (exact) mass is 341 g/mol. The number of phenols is 1. The number of hydrogen-bond acceptors (Lipinski definition) is 2. The second-order valence-electron chi connectivity index (χ2n) is 4.56. The van der Waals surface area contributed by atoms with Crippen LogP contribution in [0.25, 0.3) is 0 Å². The molecule has 5 heteroatoms. The van der Waals surface area contributed by atoms with E-state index < -0.39 is 17.4 Å². The first-order valence-electron chi connectivity index (χ1n) is 6.13. The Hall–Kier alpha value is -1.46. The number of rotatable bonds is 4. The third-order valence-electron chi connectivity index (χ3n) is 3.06. The highest BCUT2D eigenvalue weighted by molar-refractivity contribution is 9.10. The van der Waals surface area contributed by atoms with Gasteiger partial charge in [0.1, 0.15) is 0 Å². The highest BCUT2D eigenvalue weighted by Gasteiger charge is 2.10. The summed E-state index contributed by atoms with van der Waals surface area (Å²) in [5, 5.41) is 12.2. The summed E-state index contributed by atoms with van der Waals surface area (Å²) in [4.78, 5) is 0. The van der Waals surface area contributed by atoms with Crippen LogP contribution in [0.1, 0.15) is 24.1 Å². The molecule has 1 atom stereocenters. The van der Waals surface area contributed by atoms with Gasteiger partial charge in [-0.1, -0.05) is 28.1 Å². The second kappa shape index (κ2) is 6.33. The van der Waals surface area contributed by atoms with Gasteiger partial charge in [-0.15, -0.1) is 0 Å². The van der Waals surface area contributed by atoms with E-state index in [9.17, 15) is 8.78 Å². The summed E-state index contributed by atoms with van der Waals surface area (Å²) >= 11 is 3.37. The number of nitrogens with one attached hydrogen (secondary N) is 1. The van der Waals surface area contributed by atoms with Crippen molar-refractivity contribution >= 4 is 15.9 Å². The quantitative estimate of drug-likeness (QED) is 0.869. The van der Waals surface area contributed by atoms with Gasteiger partial charge in [-0.3, -0.25) is 0 Å². The predicted octanol–water partition coefficient (Wildman–Crippen LogP) is 4.28. The van der Waals surface area contributed by atoms with Crippen molar-refractivity contribution in [1.82, 2.24) is 5.32 Å². The van der Waals surface area contributed by atoms with E-state index in [4.69, 9.17) is 5.11 Å². The van der Waals surface area contributed by atoms with Crippen molar-refractivity contribution in [3.63, 3.8) is 0 Å². The van der Waals surface area contributed by atoms with Gasteiger partial charge in [0.25, 0.3) is 0 Å². The van der Waals surface area contributed by atoms with Gasteiger partial charge in [0.15, 0.2) is 17.4 Å².